The Morgan fingerprint density at radius 1 is 0.960 bits per heavy atom. The number of hydrogen-bond donors (Lipinski definition) is 2. The molecule has 0 fully saturated rings. The van der Waals surface area contributed by atoms with E-state index in [-0.39, 0.29) is 5.91 Å². The second kappa shape index (κ2) is 6.37. The van der Waals surface area contributed by atoms with Crippen molar-refractivity contribution in [2.24, 2.45) is 0 Å². The van der Waals surface area contributed by atoms with Crippen LogP contribution in [0.5, 0.6) is 0 Å². The lowest BCUT2D eigenvalue weighted by Crippen LogP contribution is -2.11. The van der Waals surface area contributed by atoms with E-state index in [4.69, 9.17) is 5.73 Å². The van der Waals surface area contributed by atoms with Gasteiger partial charge in [0, 0.05) is 22.5 Å². The van der Waals surface area contributed by atoms with Gasteiger partial charge in [-0.25, -0.2) is 4.98 Å². The normalized spacial score (nSPS) is 10.7. The van der Waals surface area contributed by atoms with Crippen LogP contribution in [0, 0.1) is 0 Å². The van der Waals surface area contributed by atoms with Crippen LogP contribution in [-0.2, 0) is 0 Å². The number of thiazole rings is 1. The molecule has 5 heteroatoms. The van der Waals surface area contributed by atoms with Gasteiger partial charge in [-0.2, -0.15) is 0 Å². The zero-order valence-corrected chi connectivity index (χ0v) is 14.1. The first-order valence-corrected chi connectivity index (χ1v) is 8.63. The van der Waals surface area contributed by atoms with E-state index in [1.807, 2.05) is 66.7 Å². The molecule has 0 saturated heterocycles. The zero-order chi connectivity index (χ0) is 17.2. The molecule has 4 rings (SSSR count). The number of aromatic nitrogens is 1. The molecule has 122 valence electrons. The van der Waals surface area contributed by atoms with Gasteiger partial charge in [0.1, 0.15) is 5.01 Å². The van der Waals surface area contributed by atoms with Crippen molar-refractivity contribution in [2.45, 2.75) is 0 Å². The average Bonchev–Trinajstić information content (AvgIpc) is 3.06. The molecule has 1 heterocycles. The summed E-state index contributed by atoms with van der Waals surface area (Å²) in [5.41, 5.74) is 9.80. The molecule has 0 bridgehead atoms. The van der Waals surface area contributed by atoms with Crippen molar-refractivity contribution >= 4 is 38.8 Å². The second-order valence-corrected chi connectivity index (χ2v) is 6.68. The summed E-state index contributed by atoms with van der Waals surface area (Å²) in [6, 6.07) is 22.6. The molecule has 3 N–H and O–H groups in total. The van der Waals surface area contributed by atoms with Gasteiger partial charge in [-0.3, -0.25) is 4.79 Å². The van der Waals surface area contributed by atoms with Crippen molar-refractivity contribution in [3.05, 3.63) is 78.4 Å². The van der Waals surface area contributed by atoms with E-state index >= 15 is 0 Å². The molecule has 1 amide bonds. The van der Waals surface area contributed by atoms with Gasteiger partial charge in [-0.1, -0.05) is 30.3 Å². The maximum atomic E-state index is 12.4. The number of amides is 1. The molecular weight excluding hydrogens is 330 g/mol. The van der Waals surface area contributed by atoms with Crippen LogP contribution in [0.1, 0.15) is 10.4 Å². The van der Waals surface area contributed by atoms with E-state index in [1.165, 1.54) is 0 Å². The number of carbonyl (C=O) groups is 1. The highest BCUT2D eigenvalue weighted by molar-refractivity contribution is 7.21. The minimum Gasteiger partial charge on any atom is -0.399 e. The van der Waals surface area contributed by atoms with E-state index in [2.05, 4.69) is 10.3 Å². The molecule has 1 aromatic heterocycles. The van der Waals surface area contributed by atoms with Gasteiger partial charge in [0.05, 0.1) is 10.2 Å². The minimum absolute atomic E-state index is 0.132. The van der Waals surface area contributed by atoms with E-state index in [9.17, 15) is 4.79 Å². The average molecular weight is 345 g/mol. The van der Waals surface area contributed by atoms with Crippen LogP contribution in [0.2, 0.25) is 0 Å². The van der Waals surface area contributed by atoms with Gasteiger partial charge >= 0.3 is 0 Å². The van der Waals surface area contributed by atoms with Gasteiger partial charge in [0.15, 0.2) is 0 Å². The van der Waals surface area contributed by atoms with Gasteiger partial charge < -0.3 is 11.1 Å². The summed E-state index contributed by atoms with van der Waals surface area (Å²) in [7, 11) is 0. The monoisotopic (exact) mass is 345 g/mol. The highest BCUT2D eigenvalue weighted by atomic mass is 32.1. The summed E-state index contributed by atoms with van der Waals surface area (Å²) in [5.74, 6) is -0.132. The fraction of sp³-hybridized carbons (Fsp3) is 0. The van der Waals surface area contributed by atoms with Crippen LogP contribution < -0.4 is 11.1 Å². The number of nitrogens with zero attached hydrogens (tertiary/aromatic N) is 1. The van der Waals surface area contributed by atoms with Crippen LogP contribution in [0.3, 0.4) is 0 Å². The Bertz CT molecular complexity index is 1060. The summed E-state index contributed by atoms with van der Waals surface area (Å²) < 4.78 is 0.970. The number of para-hydroxylation sites is 1. The summed E-state index contributed by atoms with van der Waals surface area (Å²) >= 11 is 1.55. The number of nitrogen functional groups attached to an aromatic ring is 1. The molecule has 3 aromatic carbocycles. The Morgan fingerprint density at radius 2 is 1.80 bits per heavy atom. The van der Waals surface area contributed by atoms with Gasteiger partial charge in [-0.05, 0) is 42.5 Å². The first-order chi connectivity index (χ1) is 12.2. The lowest BCUT2D eigenvalue weighted by Gasteiger charge is -2.04. The molecule has 0 aliphatic rings. The van der Waals surface area contributed by atoms with E-state index in [0.717, 1.165) is 26.5 Å². The van der Waals surface area contributed by atoms with Crippen LogP contribution in [0.15, 0.2) is 72.8 Å². The summed E-state index contributed by atoms with van der Waals surface area (Å²) in [5, 5.41) is 3.79. The van der Waals surface area contributed by atoms with Crippen molar-refractivity contribution in [1.29, 1.82) is 0 Å². The van der Waals surface area contributed by atoms with Crippen molar-refractivity contribution in [1.82, 2.24) is 4.98 Å². The van der Waals surface area contributed by atoms with Crippen LogP contribution >= 0.6 is 11.3 Å². The van der Waals surface area contributed by atoms with E-state index in [0.29, 0.717) is 11.3 Å². The largest absolute Gasteiger partial charge is 0.399 e. The van der Waals surface area contributed by atoms with E-state index < -0.39 is 0 Å². The molecule has 4 aromatic rings. The highest BCUT2D eigenvalue weighted by Crippen LogP contribution is 2.31. The third-order valence-electron chi connectivity index (χ3n) is 3.82. The molecule has 0 atom stereocenters. The fourth-order valence-corrected chi connectivity index (χ4v) is 3.59. The molecule has 4 nitrogen and oxygen atoms in total. The number of nitrogens with one attached hydrogen (secondary N) is 1. The molecule has 0 saturated carbocycles. The molecule has 0 radical (unpaired) electrons. The number of benzene rings is 3. The quantitative estimate of drug-likeness (QED) is 0.524. The molecule has 0 aliphatic heterocycles. The third-order valence-corrected chi connectivity index (χ3v) is 4.88. The standard InChI is InChI=1S/C20H15N3OS/c21-15-6-4-5-14(11-15)20-23-17-10-9-13(12-18(17)25-20)19(24)22-16-7-2-1-3-8-16/h1-12H,21H2,(H,22,24). The maximum Gasteiger partial charge on any atom is 0.255 e. The lowest BCUT2D eigenvalue weighted by atomic mass is 10.2. The van der Waals surface area contributed by atoms with E-state index in [1.54, 1.807) is 17.4 Å². The Morgan fingerprint density at radius 3 is 2.60 bits per heavy atom. The maximum absolute atomic E-state index is 12.4. The summed E-state index contributed by atoms with van der Waals surface area (Å²) in [6.07, 6.45) is 0. The van der Waals surface area contributed by atoms with Gasteiger partial charge in [-0.15, -0.1) is 11.3 Å². The van der Waals surface area contributed by atoms with Crippen LogP contribution in [0.4, 0.5) is 11.4 Å². The Hall–Kier alpha value is -3.18. The Labute approximate surface area is 149 Å². The van der Waals surface area contributed by atoms with Gasteiger partial charge in [0.25, 0.3) is 5.91 Å². The topological polar surface area (TPSA) is 68.0 Å². The predicted molar refractivity (Wildman–Crippen MR) is 104 cm³/mol. The minimum atomic E-state index is -0.132. The summed E-state index contributed by atoms with van der Waals surface area (Å²) in [6.45, 7) is 0. The molecule has 0 aliphatic carbocycles. The summed E-state index contributed by atoms with van der Waals surface area (Å²) in [4.78, 5) is 17.1. The Balaban J connectivity index is 1.65. The van der Waals surface area contributed by atoms with Crippen LogP contribution in [-0.4, -0.2) is 10.9 Å². The van der Waals surface area contributed by atoms with Crippen LogP contribution in [0.25, 0.3) is 20.8 Å². The molecular formula is C20H15N3OS. The van der Waals surface area contributed by atoms with Crippen molar-refractivity contribution in [3.8, 4) is 10.6 Å². The first kappa shape index (κ1) is 15.4. The Kier molecular flexibility index (Phi) is 3.91. The number of nitrogens with two attached hydrogens (primary N) is 1. The van der Waals surface area contributed by atoms with Crippen molar-refractivity contribution < 1.29 is 4.79 Å². The number of carbonyl (C=O) groups excluding carboxylic acids is 1. The zero-order valence-electron chi connectivity index (χ0n) is 13.3. The number of rotatable bonds is 3. The fourth-order valence-electron chi connectivity index (χ4n) is 2.59. The highest BCUT2D eigenvalue weighted by Gasteiger charge is 2.11. The number of hydrogen-bond acceptors (Lipinski definition) is 4. The van der Waals surface area contributed by atoms with Gasteiger partial charge in [0.2, 0.25) is 0 Å². The molecule has 25 heavy (non-hydrogen) atoms. The first-order valence-electron chi connectivity index (χ1n) is 7.82. The van der Waals surface area contributed by atoms with Crippen molar-refractivity contribution in [2.75, 3.05) is 11.1 Å². The smallest absolute Gasteiger partial charge is 0.255 e. The second-order valence-electron chi connectivity index (χ2n) is 5.65. The third kappa shape index (κ3) is 3.22. The number of anilines is 2. The molecule has 0 spiro atoms. The SMILES string of the molecule is Nc1cccc(-c2nc3ccc(C(=O)Nc4ccccc4)cc3s2)c1. The number of fused-ring (bicyclic) bond motifs is 1. The predicted octanol–water partition coefficient (Wildman–Crippen LogP) is 4.80. The molecule has 0 unspecified atom stereocenters. The van der Waals surface area contributed by atoms with Crippen molar-refractivity contribution in [3.63, 3.8) is 0 Å². The lowest BCUT2D eigenvalue weighted by molar-refractivity contribution is 0.102.